The molecule has 3 aromatic carbocycles. The fourth-order valence-corrected chi connectivity index (χ4v) is 3.97. The van der Waals surface area contributed by atoms with Gasteiger partial charge in [-0.05, 0) is 48.0 Å². The maximum absolute atomic E-state index is 5.78. The van der Waals surface area contributed by atoms with Gasteiger partial charge in [-0.1, -0.05) is 72.3 Å². The van der Waals surface area contributed by atoms with E-state index in [1.165, 1.54) is 22.4 Å². The molecule has 0 radical (unpaired) electrons. The Kier molecular flexibility index (Phi) is 6.33. The van der Waals surface area contributed by atoms with Crippen LogP contribution in [0.15, 0.2) is 84.0 Å². The molecule has 0 amide bonds. The van der Waals surface area contributed by atoms with E-state index in [1.54, 1.807) is 0 Å². The van der Waals surface area contributed by atoms with Gasteiger partial charge >= 0.3 is 0 Å². The van der Waals surface area contributed by atoms with Crippen LogP contribution < -0.4 is 10.2 Å². The second kappa shape index (κ2) is 9.31. The molecule has 0 aromatic heterocycles. The van der Waals surface area contributed by atoms with E-state index in [0.29, 0.717) is 11.7 Å². The van der Waals surface area contributed by atoms with E-state index in [4.69, 9.17) is 17.3 Å². The molecule has 31 heavy (non-hydrogen) atoms. The van der Waals surface area contributed by atoms with Crippen molar-refractivity contribution in [3.63, 3.8) is 0 Å². The number of hydrogen-bond acceptors (Lipinski definition) is 3. The highest BCUT2D eigenvalue weighted by Crippen LogP contribution is 2.33. The average molecular weight is 429 g/mol. The number of aryl methyl sites for hydroxylation is 1. The van der Waals surface area contributed by atoms with E-state index in [2.05, 4.69) is 91.9 Å². The molecule has 4 rings (SSSR count). The predicted molar refractivity (Wildman–Crippen MR) is 134 cm³/mol. The summed E-state index contributed by atoms with van der Waals surface area (Å²) in [6, 6.07) is 27.6. The first-order valence-electron chi connectivity index (χ1n) is 10.5. The van der Waals surface area contributed by atoms with Gasteiger partial charge in [-0.15, -0.1) is 0 Å². The van der Waals surface area contributed by atoms with Gasteiger partial charge < -0.3 is 10.2 Å². The first kappa shape index (κ1) is 21.1. The van der Waals surface area contributed by atoms with Gasteiger partial charge in [0.15, 0.2) is 5.11 Å². The lowest BCUT2D eigenvalue weighted by molar-refractivity contribution is 0.364. The number of nitrogens with one attached hydrogen (secondary N) is 1. The van der Waals surface area contributed by atoms with Gasteiger partial charge in [0.05, 0.1) is 11.8 Å². The van der Waals surface area contributed by atoms with E-state index in [9.17, 15) is 0 Å². The van der Waals surface area contributed by atoms with Crippen molar-refractivity contribution in [2.45, 2.75) is 25.9 Å². The third-order valence-corrected chi connectivity index (χ3v) is 5.92. The third-order valence-electron chi connectivity index (χ3n) is 5.58. The third kappa shape index (κ3) is 4.94. The summed E-state index contributed by atoms with van der Waals surface area (Å²) >= 11 is 5.78. The Balaban J connectivity index is 1.59. The van der Waals surface area contributed by atoms with Crippen LogP contribution in [0.2, 0.25) is 0 Å². The van der Waals surface area contributed by atoms with E-state index in [0.717, 1.165) is 17.7 Å². The van der Waals surface area contributed by atoms with Crippen molar-refractivity contribution in [3.05, 3.63) is 101 Å². The average Bonchev–Trinajstić information content (AvgIpc) is 3.24. The summed E-state index contributed by atoms with van der Waals surface area (Å²) in [4.78, 5) is 2.11. The number of hydrazone groups is 1. The van der Waals surface area contributed by atoms with E-state index < -0.39 is 0 Å². The monoisotopic (exact) mass is 428 g/mol. The van der Waals surface area contributed by atoms with Crippen LogP contribution in [-0.2, 0) is 6.54 Å². The molecule has 0 unspecified atom stereocenters. The highest BCUT2D eigenvalue weighted by Gasteiger charge is 2.31. The van der Waals surface area contributed by atoms with Crippen LogP contribution in [0.25, 0.3) is 0 Å². The van der Waals surface area contributed by atoms with Crippen LogP contribution in [0.4, 0.5) is 5.69 Å². The molecule has 0 bridgehead atoms. The van der Waals surface area contributed by atoms with Crippen LogP contribution in [0, 0.1) is 6.92 Å². The Morgan fingerprint density at radius 3 is 2.32 bits per heavy atom. The van der Waals surface area contributed by atoms with Gasteiger partial charge in [0, 0.05) is 32.7 Å². The quantitative estimate of drug-likeness (QED) is 0.560. The maximum atomic E-state index is 5.78. The zero-order valence-electron chi connectivity index (χ0n) is 18.2. The van der Waals surface area contributed by atoms with Crippen LogP contribution in [0.5, 0.6) is 0 Å². The summed E-state index contributed by atoms with van der Waals surface area (Å²) in [5.41, 5.74) is 7.03. The predicted octanol–water partition coefficient (Wildman–Crippen LogP) is 5.29. The molecule has 1 N–H and O–H groups in total. The molecule has 1 heterocycles. The Labute approximate surface area is 190 Å². The van der Waals surface area contributed by atoms with Crippen molar-refractivity contribution in [1.82, 2.24) is 10.3 Å². The molecule has 158 valence electrons. The largest absolute Gasteiger partial charge is 0.378 e. The lowest BCUT2D eigenvalue weighted by Gasteiger charge is -2.25. The van der Waals surface area contributed by atoms with Gasteiger partial charge in [0.1, 0.15) is 0 Å². The molecular formula is C26H28N4S. The summed E-state index contributed by atoms with van der Waals surface area (Å²) < 4.78 is 0. The van der Waals surface area contributed by atoms with Crippen molar-refractivity contribution >= 4 is 28.7 Å². The van der Waals surface area contributed by atoms with Crippen molar-refractivity contribution < 1.29 is 0 Å². The van der Waals surface area contributed by atoms with Gasteiger partial charge in [-0.3, -0.25) is 0 Å². The Bertz CT molecular complexity index is 1060. The molecule has 4 nitrogen and oxygen atoms in total. The zero-order chi connectivity index (χ0) is 21.8. The number of rotatable bonds is 5. The topological polar surface area (TPSA) is 30.9 Å². The van der Waals surface area contributed by atoms with Crippen LogP contribution in [0.3, 0.4) is 0 Å². The highest BCUT2D eigenvalue weighted by molar-refractivity contribution is 7.80. The summed E-state index contributed by atoms with van der Waals surface area (Å²) in [6.07, 6.45) is 0.817. The van der Waals surface area contributed by atoms with Crippen molar-refractivity contribution in [2.75, 3.05) is 19.0 Å². The van der Waals surface area contributed by atoms with Crippen LogP contribution in [0.1, 0.15) is 34.7 Å². The molecule has 1 aliphatic heterocycles. The smallest absolute Gasteiger partial charge is 0.190 e. The molecule has 3 aromatic rings. The number of benzene rings is 3. The molecule has 1 atom stereocenters. The van der Waals surface area contributed by atoms with Gasteiger partial charge in [0.25, 0.3) is 0 Å². The van der Waals surface area contributed by atoms with Crippen molar-refractivity contribution in [2.24, 2.45) is 5.10 Å². The molecule has 0 spiro atoms. The summed E-state index contributed by atoms with van der Waals surface area (Å²) in [5, 5.41) is 11.0. The van der Waals surface area contributed by atoms with E-state index in [-0.39, 0.29) is 6.04 Å². The standard InChI is InChI=1S/C26H28N4S/c1-19-9-11-21(12-10-19)24-17-25(22-13-15-23(16-14-22)29(2)3)30(28-24)26(31)27-18-20-7-5-4-6-8-20/h4-16,25H,17-18H2,1-3H3,(H,27,31)/t25-/m1/s1. The maximum Gasteiger partial charge on any atom is 0.190 e. The lowest BCUT2D eigenvalue weighted by Crippen LogP contribution is -2.36. The number of hydrogen-bond donors (Lipinski definition) is 1. The minimum absolute atomic E-state index is 0.0725. The lowest BCUT2D eigenvalue weighted by atomic mass is 9.98. The van der Waals surface area contributed by atoms with Crippen LogP contribution in [-0.4, -0.2) is 29.9 Å². The normalized spacial score (nSPS) is 15.5. The minimum atomic E-state index is 0.0725. The SMILES string of the molecule is Cc1ccc(C2=NN(C(=S)NCc3ccccc3)[C@@H](c3ccc(N(C)C)cc3)C2)cc1. The second-order valence-corrected chi connectivity index (χ2v) is 8.49. The Morgan fingerprint density at radius 2 is 1.68 bits per heavy atom. The summed E-state index contributed by atoms with van der Waals surface area (Å²) in [7, 11) is 4.11. The molecule has 0 aliphatic carbocycles. The number of nitrogens with zero attached hydrogens (tertiary/aromatic N) is 3. The molecular weight excluding hydrogens is 400 g/mol. The fourth-order valence-electron chi connectivity index (χ4n) is 3.73. The molecule has 0 fully saturated rings. The fraction of sp³-hybridized carbons (Fsp3) is 0.231. The second-order valence-electron chi connectivity index (χ2n) is 8.11. The Morgan fingerprint density at radius 1 is 1.00 bits per heavy atom. The molecule has 0 saturated carbocycles. The minimum Gasteiger partial charge on any atom is -0.378 e. The zero-order valence-corrected chi connectivity index (χ0v) is 19.1. The van der Waals surface area contributed by atoms with Gasteiger partial charge in [0.2, 0.25) is 0 Å². The van der Waals surface area contributed by atoms with Gasteiger partial charge in [-0.2, -0.15) is 5.10 Å². The number of anilines is 1. The molecule has 1 aliphatic rings. The van der Waals surface area contributed by atoms with Crippen LogP contribution >= 0.6 is 12.2 Å². The number of thiocarbonyl (C=S) groups is 1. The van der Waals surface area contributed by atoms with E-state index >= 15 is 0 Å². The van der Waals surface area contributed by atoms with Crippen molar-refractivity contribution in [3.8, 4) is 0 Å². The highest BCUT2D eigenvalue weighted by atomic mass is 32.1. The van der Waals surface area contributed by atoms with E-state index in [1.807, 2.05) is 23.2 Å². The summed E-state index contributed by atoms with van der Waals surface area (Å²) in [6.45, 7) is 2.78. The van der Waals surface area contributed by atoms with Crippen molar-refractivity contribution in [1.29, 1.82) is 0 Å². The van der Waals surface area contributed by atoms with Gasteiger partial charge in [-0.25, -0.2) is 5.01 Å². The summed E-state index contributed by atoms with van der Waals surface area (Å²) in [5.74, 6) is 0. The molecule has 5 heteroatoms. The first-order chi connectivity index (χ1) is 15.0. The first-order valence-corrected chi connectivity index (χ1v) is 10.9. The molecule has 0 saturated heterocycles. The Hall–Kier alpha value is -3.18.